The summed E-state index contributed by atoms with van der Waals surface area (Å²) in [7, 11) is -1.38. The smallest absolute Gasteiger partial charge is 0.229 e. The maximum absolute atomic E-state index is 11.1. The van der Waals surface area contributed by atoms with E-state index in [0.717, 1.165) is 0 Å². The van der Waals surface area contributed by atoms with Crippen LogP contribution in [0.5, 0.6) is 0 Å². The second kappa shape index (κ2) is 3.75. The Labute approximate surface area is 85.9 Å². The molecule has 0 unspecified atom stereocenters. The van der Waals surface area contributed by atoms with Crippen LogP contribution in [0.25, 0.3) is 0 Å². The number of carbonyl (C=O) groups is 1. The largest absolute Gasteiger partial charge is 0.392 e. The molecule has 1 saturated heterocycles. The van der Waals surface area contributed by atoms with Gasteiger partial charge in [-0.15, -0.1) is 5.54 Å². The van der Waals surface area contributed by atoms with Crippen molar-refractivity contribution in [3.8, 4) is 11.5 Å². The molecule has 0 aromatic rings. The van der Waals surface area contributed by atoms with Crippen molar-refractivity contribution in [3.63, 3.8) is 0 Å². The summed E-state index contributed by atoms with van der Waals surface area (Å²) in [4.78, 5) is 11.1. The van der Waals surface area contributed by atoms with Gasteiger partial charge in [-0.3, -0.25) is 4.79 Å². The molecular formula is C10H17NO2Si. The van der Waals surface area contributed by atoms with Crippen molar-refractivity contribution in [1.82, 2.24) is 5.32 Å². The fraction of sp³-hybridized carbons (Fsp3) is 0.700. The number of rotatable bonds is 1. The third-order valence-corrected chi connectivity index (χ3v) is 2.98. The van der Waals surface area contributed by atoms with Gasteiger partial charge in [-0.25, -0.2) is 0 Å². The summed E-state index contributed by atoms with van der Waals surface area (Å²) in [6, 6.07) is -0.144. The van der Waals surface area contributed by atoms with Crippen molar-refractivity contribution in [2.75, 3.05) is 0 Å². The van der Waals surface area contributed by atoms with Gasteiger partial charge in [0.25, 0.3) is 0 Å². The summed E-state index contributed by atoms with van der Waals surface area (Å²) < 4.78 is 0. The lowest BCUT2D eigenvalue weighted by molar-refractivity contribution is -0.138. The van der Waals surface area contributed by atoms with Crippen LogP contribution >= 0.6 is 0 Å². The van der Waals surface area contributed by atoms with Gasteiger partial charge >= 0.3 is 0 Å². The van der Waals surface area contributed by atoms with Crippen molar-refractivity contribution < 1.29 is 9.90 Å². The SMILES string of the molecule is C[C@H](O)[C@@H]1C(=O)N[C@H]1C#C[Si](C)(C)C. The van der Waals surface area contributed by atoms with Crippen LogP contribution < -0.4 is 5.32 Å². The zero-order chi connectivity index (χ0) is 10.9. The van der Waals surface area contributed by atoms with E-state index in [0.29, 0.717) is 0 Å². The molecule has 1 aliphatic rings. The highest BCUT2D eigenvalue weighted by molar-refractivity contribution is 6.83. The predicted octanol–water partition coefficient (Wildman–Crippen LogP) is 0.363. The van der Waals surface area contributed by atoms with E-state index < -0.39 is 14.2 Å². The minimum atomic E-state index is -1.38. The summed E-state index contributed by atoms with van der Waals surface area (Å²) in [5.74, 6) is 2.62. The maximum atomic E-state index is 11.1. The Bertz CT molecular complexity index is 295. The highest BCUT2D eigenvalue weighted by Crippen LogP contribution is 2.18. The molecule has 0 radical (unpaired) electrons. The first-order chi connectivity index (χ1) is 6.31. The second-order valence-corrected chi connectivity index (χ2v) is 9.52. The molecule has 3 atom stereocenters. The Morgan fingerprint density at radius 1 is 1.50 bits per heavy atom. The van der Waals surface area contributed by atoms with Crippen LogP contribution in [-0.2, 0) is 4.79 Å². The Morgan fingerprint density at radius 3 is 2.43 bits per heavy atom. The van der Waals surface area contributed by atoms with Gasteiger partial charge in [-0.05, 0) is 6.92 Å². The molecule has 2 N–H and O–H groups in total. The minimum absolute atomic E-state index is 0.0881. The zero-order valence-electron chi connectivity index (χ0n) is 9.09. The lowest BCUT2D eigenvalue weighted by atomic mass is 9.87. The molecule has 0 aromatic carbocycles. The van der Waals surface area contributed by atoms with Crippen molar-refractivity contribution in [1.29, 1.82) is 0 Å². The van der Waals surface area contributed by atoms with Crippen LogP contribution in [0.15, 0.2) is 0 Å². The van der Waals surface area contributed by atoms with E-state index in [9.17, 15) is 9.90 Å². The van der Waals surface area contributed by atoms with Crippen molar-refractivity contribution in [2.24, 2.45) is 5.92 Å². The lowest BCUT2D eigenvalue weighted by Gasteiger charge is -2.35. The van der Waals surface area contributed by atoms with Gasteiger partial charge in [0, 0.05) is 0 Å². The van der Waals surface area contributed by atoms with Gasteiger partial charge in [0.05, 0.1) is 12.0 Å². The fourth-order valence-corrected chi connectivity index (χ4v) is 1.90. The third-order valence-electron chi connectivity index (χ3n) is 2.08. The van der Waals surface area contributed by atoms with E-state index in [4.69, 9.17) is 0 Å². The Balaban J connectivity index is 2.63. The quantitative estimate of drug-likeness (QED) is 0.374. The summed E-state index contributed by atoms with van der Waals surface area (Å²) in [5.41, 5.74) is 3.19. The van der Waals surface area contributed by atoms with Gasteiger partial charge in [-0.1, -0.05) is 25.6 Å². The van der Waals surface area contributed by atoms with E-state index >= 15 is 0 Å². The molecule has 14 heavy (non-hydrogen) atoms. The number of aliphatic hydroxyl groups excluding tert-OH is 1. The lowest BCUT2D eigenvalue weighted by Crippen LogP contribution is -2.61. The van der Waals surface area contributed by atoms with Gasteiger partial charge in [0.15, 0.2) is 0 Å². The maximum Gasteiger partial charge on any atom is 0.229 e. The van der Waals surface area contributed by atoms with Gasteiger partial charge in [0.2, 0.25) is 5.91 Å². The summed E-state index contributed by atoms with van der Waals surface area (Å²) in [6.07, 6.45) is -0.607. The standard InChI is InChI=1S/C10H17NO2Si/c1-7(12)9-8(11-10(9)13)5-6-14(2,3)4/h7-9,12H,1-4H3,(H,11,13)/t7-,8-,9-/m0/s1. The van der Waals surface area contributed by atoms with E-state index in [-0.39, 0.29) is 17.9 Å². The van der Waals surface area contributed by atoms with E-state index in [1.54, 1.807) is 6.92 Å². The molecule has 1 aliphatic heterocycles. The van der Waals surface area contributed by atoms with E-state index in [1.807, 2.05) is 0 Å². The molecule has 1 rings (SSSR count). The summed E-state index contributed by atoms with van der Waals surface area (Å²) >= 11 is 0. The molecule has 1 heterocycles. The van der Waals surface area contributed by atoms with Crippen LogP contribution in [0, 0.1) is 17.4 Å². The first-order valence-electron chi connectivity index (χ1n) is 4.82. The van der Waals surface area contributed by atoms with Crippen LogP contribution in [0.3, 0.4) is 0 Å². The first-order valence-corrected chi connectivity index (χ1v) is 8.32. The average Bonchev–Trinajstić information content (AvgIpc) is 1.93. The molecule has 1 amide bonds. The molecule has 4 heteroatoms. The molecule has 78 valence electrons. The fourth-order valence-electron chi connectivity index (χ4n) is 1.31. The van der Waals surface area contributed by atoms with Gasteiger partial charge in [-0.2, -0.15) is 0 Å². The van der Waals surface area contributed by atoms with Gasteiger partial charge in [0.1, 0.15) is 14.1 Å². The molecule has 0 bridgehead atoms. The van der Waals surface area contributed by atoms with E-state index in [1.165, 1.54) is 0 Å². The highest BCUT2D eigenvalue weighted by atomic mass is 28.3. The van der Waals surface area contributed by atoms with Crippen molar-refractivity contribution in [2.45, 2.75) is 38.7 Å². The predicted molar refractivity (Wildman–Crippen MR) is 58.2 cm³/mol. The van der Waals surface area contributed by atoms with Crippen LogP contribution in [0.2, 0.25) is 19.6 Å². The minimum Gasteiger partial charge on any atom is -0.392 e. The topological polar surface area (TPSA) is 49.3 Å². The molecular weight excluding hydrogens is 194 g/mol. The van der Waals surface area contributed by atoms with Crippen LogP contribution in [-0.4, -0.2) is 31.2 Å². The highest BCUT2D eigenvalue weighted by Gasteiger charge is 2.41. The average molecular weight is 211 g/mol. The second-order valence-electron chi connectivity index (χ2n) is 4.77. The van der Waals surface area contributed by atoms with Crippen molar-refractivity contribution >= 4 is 14.0 Å². The number of aliphatic hydroxyl groups is 1. The molecule has 0 aliphatic carbocycles. The third kappa shape index (κ3) is 2.60. The molecule has 1 fully saturated rings. The number of nitrogens with one attached hydrogen (secondary N) is 1. The monoisotopic (exact) mass is 211 g/mol. The number of hydrogen-bond donors (Lipinski definition) is 2. The molecule has 0 aromatic heterocycles. The Hall–Kier alpha value is -0.793. The van der Waals surface area contributed by atoms with E-state index in [2.05, 4.69) is 36.4 Å². The summed E-state index contributed by atoms with van der Waals surface area (Å²) in [5, 5.41) is 12.0. The zero-order valence-corrected chi connectivity index (χ0v) is 10.1. The van der Waals surface area contributed by atoms with Crippen LogP contribution in [0.4, 0.5) is 0 Å². The molecule has 0 saturated carbocycles. The van der Waals surface area contributed by atoms with Crippen molar-refractivity contribution in [3.05, 3.63) is 0 Å². The van der Waals surface area contributed by atoms with Gasteiger partial charge < -0.3 is 10.4 Å². The number of hydrogen-bond acceptors (Lipinski definition) is 2. The molecule has 3 nitrogen and oxygen atoms in total. The Kier molecular flexibility index (Phi) is 3.03. The first kappa shape index (κ1) is 11.3. The molecule has 0 spiro atoms. The number of β-lactam (4-membered cyclic amide) rings is 1. The summed E-state index contributed by atoms with van der Waals surface area (Å²) in [6.45, 7) is 8.08. The normalized spacial score (nSPS) is 28.2. The number of carbonyl (C=O) groups excluding carboxylic acids is 1. The number of amides is 1. The Morgan fingerprint density at radius 2 is 2.07 bits per heavy atom. The van der Waals surface area contributed by atoms with Crippen LogP contribution in [0.1, 0.15) is 6.92 Å².